The van der Waals surface area contributed by atoms with Crippen molar-refractivity contribution >= 4 is 17.7 Å². The lowest BCUT2D eigenvalue weighted by Gasteiger charge is -2.46. The number of rotatable bonds is 10. The number of hydrogen-bond donors (Lipinski definition) is 2. The number of hydrogen-bond acceptors (Lipinski definition) is 7. The molecular weight excluding hydrogens is 751 g/mol. The van der Waals surface area contributed by atoms with Crippen molar-refractivity contribution in [3.8, 4) is 5.75 Å². The number of carbonyl (C=O) groups excluding carboxylic acids is 1. The number of ether oxygens (including phenoxy) is 2. The molecule has 2 aliphatic rings. The number of alkyl halides is 9. The Morgan fingerprint density at radius 2 is 1.49 bits per heavy atom. The van der Waals surface area contributed by atoms with E-state index in [4.69, 9.17) is 20.3 Å². The highest BCUT2D eigenvalue weighted by molar-refractivity contribution is 5.91. The molecule has 2 aromatic carbocycles. The summed E-state index contributed by atoms with van der Waals surface area (Å²) >= 11 is 0. The summed E-state index contributed by atoms with van der Waals surface area (Å²) in [6.45, 7) is 3.15. The van der Waals surface area contributed by atoms with Gasteiger partial charge in [0.05, 0.1) is 47.5 Å². The number of carboxylic acid groups (broad SMARTS) is 1. The molecule has 3 aromatic rings. The Balaban J connectivity index is 1.61. The van der Waals surface area contributed by atoms with Crippen LogP contribution < -0.4 is 15.4 Å². The van der Waals surface area contributed by atoms with Crippen LogP contribution in [0.4, 0.5) is 50.0 Å². The maximum absolute atomic E-state index is 14.0. The van der Waals surface area contributed by atoms with Crippen LogP contribution in [0.2, 0.25) is 0 Å². The van der Waals surface area contributed by atoms with E-state index in [1.54, 1.807) is 6.92 Å². The van der Waals surface area contributed by atoms with Gasteiger partial charge in [-0.3, -0.25) is 9.69 Å². The Kier molecular flexibility index (Phi) is 12.0. The number of fused-ring (bicyclic) bond motifs is 1. The van der Waals surface area contributed by atoms with Gasteiger partial charge in [0.15, 0.2) is 5.75 Å². The maximum Gasteiger partial charge on any atom is 0.416 e. The molecule has 2 heterocycles. The van der Waals surface area contributed by atoms with Crippen LogP contribution in [0.25, 0.3) is 0 Å². The third-order valence-electron chi connectivity index (χ3n) is 10.1. The van der Waals surface area contributed by atoms with Gasteiger partial charge >= 0.3 is 30.6 Å². The third kappa shape index (κ3) is 9.62. The Labute approximate surface area is 310 Å². The summed E-state index contributed by atoms with van der Waals surface area (Å²) < 4.78 is 136. The second kappa shape index (κ2) is 15.9. The summed E-state index contributed by atoms with van der Waals surface area (Å²) in [7, 11) is 0. The van der Waals surface area contributed by atoms with Crippen molar-refractivity contribution in [1.82, 2.24) is 9.97 Å². The van der Waals surface area contributed by atoms with Gasteiger partial charge in [0, 0.05) is 18.8 Å². The van der Waals surface area contributed by atoms with Gasteiger partial charge in [-0.25, -0.2) is 14.8 Å². The molecule has 0 bridgehead atoms. The second-order valence-corrected chi connectivity index (χ2v) is 13.9. The van der Waals surface area contributed by atoms with E-state index in [9.17, 15) is 49.1 Å². The SMILES string of the molecule is CCOC(=O)N1c2ccc(C(F)(F)F)cc2[C@@H](c2ncc(OCC3CCC(CC(=O)O)CC3)c(Cc3cc(C(F)(F)F)cc(C(F)(F)F)c3)n2)C[C@@]1(N)CC. The number of aliphatic carboxylic acids is 1. The number of carboxylic acids is 1. The maximum atomic E-state index is 14.0. The zero-order valence-corrected chi connectivity index (χ0v) is 29.7. The predicted octanol–water partition coefficient (Wildman–Crippen LogP) is 9.35. The number of nitrogens with zero attached hydrogens (tertiary/aromatic N) is 3. The van der Waals surface area contributed by atoms with Crippen LogP contribution in [0.15, 0.2) is 42.6 Å². The Bertz CT molecular complexity index is 1840. The molecule has 0 saturated heterocycles. The van der Waals surface area contributed by atoms with Gasteiger partial charge in [0.1, 0.15) is 11.5 Å². The summed E-state index contributed by atoms with van der Waals surface area (Å²) in [4.78, 5) is 34.3. The first-order valence-corrected chi connectivity index (χ1v) is 17.6. The minimum Gasteiger partial charge on any atom is -0.490 e. The molecule has 9 nitrogen and oxygen atoms in total. The van der Waals surface area contributed by atoms with Crippen molar-refractivity contribution in [2.24, 2.45) is 17.6 Å². The van der Waals surface area contributed by atoms with Gasteiger partial charge in [-0.05, 0) is 105 Å². The van der Waals surface area contributed by atoms with Crippen molar-refractivity contribution in [2.45, 2.75) is 95.3 Å². The van der Waals surface area contributed by atoms with Crippen LogP contribution in [0, 0.1) is 11.8 Å². The number of aromatic nitrogens is 2. The Morgan fingerprint density at radius 3 is 2.04 bits per heavy atom. The lowest BCUT2D eigenvalue weighted by Crippen LogP contribution is -2.61. The summed E-state index contributed by atoms with van der Waals surface area (Å²) in [6, 6.07) is 3.75. The van der Waals surface area contributed by atoms with Crippen LogP contribution in [0.1, 0.15) is 104 Å². The van der Waals surface area contributed by atoms with E-state index >= 15 is 0 Å². The summed E-state index contributed by atoms with van der Waals surface area (Å²) in [5, 5.41) is 9.14. The first-order chi connectivity index (χ1) is 25.6. The average Bonchev–Trinajstić information content (AvgIpc) is 3.09. The standard InChI is InChI=1S/C37H39F9N4O5/c1-3-34(47)17-27(26-16-23(35(38,39)40)9-10-29(26)50(34)33(53)54-4-2)32-48-18-30(55-19-21-7-5-20(6-8-21)14-31(51)52)28(49-32)13-22-11-24(36(41,42)43)15-25(12-22)37(44,45)46/h9-12,15-16,18,20-21,27H,3-8,13-14,17,19,47H2,1-2H3,(H,51,52)/t20?,21?,27-,34+/m0/s1. The quantitative estimate of drug-likeness (QED) is 0.195. The molecule has 1 amide bonds. The van der Waals surface area contributed by atoms with E-state index in [1.165, 1.54) is 13.1 Å². The Morgan fingerprint density at radius 1 is 0.891 bits per heavy atom. The molecule has 0 radical (unpaired) electrons. The summed E-state index contributed by atoms with van der Waals surface area (Å²) in [6.07, 6.45) is -13.2. The fourth-order valence-electron chi connectivity index (χ4n) is 7.22. The van der Waals surface area contributed by atoms with E-state index in [0.29, 0.717) is 37.8 Å². The number of carbonyl (C=O) groups is 2. The molecule has 55 heavy (non-hydrogen) atoms. The molecule has 5 rings (SSSR count). The zero-order valence-electron chi connectivity index (χ0n) is 29.7. The molecule has 1 saturated carbocycles. The molecule has 2 atom stereocenters. The van der Waals surface area contributed by atoms with Crippen molar-refractivity contribution in [2.75, 3.05) is 18.1 Å². The highest BCUT2D eigenvalue weighted by Gasteiger charge is 2.47. The van der Waals surface area contributed by atoms with Crippen molar-refractivity contribution in [1.29, 1.82) is 0 Å². The minimum atomic E-state index is -5.14. The van der Waals surface area contributed by atoms with Crippen molar-refractivity contribution in [3.63, 3.8) is 0 Å². The van der Waals surface area contributed by atoms with Crippen LogP contribution >= 0.6 is 0 Å². The van der Waals surface area contributed by atoms with Gasteiger partial charge in [-0.2, -0.15) is 39.5 Å². The molecule has 0 unspecified atom stereocenters. The minimum absolute atomic E-state index is 0.00884. The first-order valence-electron chi connectivity index (χ1n) is 17.6. The average molecular weight is 791 g/mol. The van der Waals surface area contributed by atoms with Gasteiger partial charge in [0.25, 0.3) is 0 Å². The molecular formula is C37H39F9N4O5. The van der Waals surface area contributed by atoms with Gasteiger partial charge < -0.3 is 20.3 Å². The summed E-state index contributed by atoms with van der Waals surface area (Å²) in [5.74, 6) is -2.39. The monoisotopic (exact) mass is 790 g/mol. The van der Waals surface area contributed by atoms with Gasteiger partial charge in [0.2, 0.25) is 0 Å². The fourth-order valence-corrected chi connectivity index (χ4v) is 7.22. The van der Waals surface area contributed by atoms with Gasteiger partial charge in [-0.1, -0.05) is 6.92 Å². The lowest BCUT2D eigenvalue weighted by atomic mass is 9.80. The molecule has 18 heteroatoms. The number of anilines is 1. The van der Waals surface area contributed by atoms with E-state index in [0.717, 1.165) is 23.1 Å². The van der Waals surface area contributed by atoms with E-state index in [-0.39, 0.29) is 78.9 Å². The zero-order chi connectivity index (χ0) is 40.5. The number of benzene rings is 2. The lowest BCUT2D eigenvalue weighted by molar-refractivity contribution is -0.143. The van der Waals surface area contributed by atoms with E-state index in [2.05, 4.69) is 9.97 Å². The smallest absolute Gasteiger partial charge is 0.416 e. The molecule has 1 aliphatic carbocycles. The van der Waals surface area contributed by atoms with Gasteiger partial charge in [-0.15, -0.1) is 0 Å². The predicted molar refractivity (Wildman–Crippen MR) is 179 cm³/mol. The molecule has 3 N–H and O–H groups in total. The molecule has 1 fully saturated rings. The van der Waals surface area contributed by atoms with Crippen molar-refractivity contribution in [3.05, 3.63) is 81.9 Å². The fraction of sp³-hybridized carbons (Fsp3) is 0.514. The van der Waals surface area contributed by atoms with Crippen LogP contribution in [0.3, 0.4) is 0 Å². The molecule has 1 aliphatic heterocycles. The molecule has 300 valence electrons. The van der Waals surface area contributed by atoms with E-state index in [1.807, 2.05) is 0 Å². The van der Waals surface area contributed by atoms with E-state index < -0.39 is 70.8 Å². The Hall–Kier alpha value is -4.61. The first kappa shape index (κ1) is 41.6. The largest absolute Gasteiger partial charge is 0.490 e. The van der Waals surface area contributed by atoms with Crippen LogP contribution in [-0.4, -0.2) is 46.0 Å². The second-order valence-electron chi connectivity index (χ2n) is 13.9. The third-order valence-corrected chi connectivity index (χ3v) is 10.1. The molecule has 1 aromatic heterocycles. The molecule has 0 spiro atoms. The van der Waals surface area contributed by atoms with Crippen molar-refractivity contribution < 1.29 is 63.7 Å². The number of nitrogens with two attached hydrogens (primary N) is 1. The highest BCUT2D eigenvalue weighted by atomic mass is 19.4. The topological polar surface area (TPSA) is 128 Å². The van der Waals surface area contributed by atoms with Crippen LogP contribution in [0.5, 0.6) is 5.75 Å². The summed E-state index contributed by atoms with van der Waals surface area (Å²) in [5.41, 5.74) is 0.373. The number of amides is 1. The normalized spacial score (nSPS) is 21.9. The highest BCUT2D eigenvalue weighted by Crippen LogP contribution is 2.48. The number of halogens is 9. The van der Waals surface area contributed by atoms with Crippen LogP contribution in [-0.2, 0) is 34.5 Å².